The van der Waals surface area contributed by atoms with Crippen molar-refractivity contribution in [3.63, 3.8) is 0 Å². The van der Waals surface area contributed by atoms with Gasteiger partial charge >= 0.3 is 5.97 Å². The summed E-state index contributed by atoms with van der Waals surface area (Å²) >= 11 is 0. The van der Waals surface area contributed by atoms with Gasteiger partial charge in [0.15, 0.2) is 6.61 Å². The molecule has 36 heavy (non-hydrogen) atoms. The molecule has 2 aromatic carbocycles. The number of nitrogens with one attached hydrogen (secondary N) is 1. The molecule has 0 spiro atoms. The fourth-order valence-electron chi connectivity index (χ4n) is 3.69. The maximum absolute atomic E-state index is 13.7. The lowest BCUT2D eigenvalue weighted by Crippen LogP contribution is -2.32. The van der Waals surface area contributed by atoms with Crippen molar-refractivity contribution in [3.8, 4) is 0 Å². The van der Waals surface area contributed by atoms with Gasteiger partial charge in [0.2, 0.25) is 0 Å². The Kier molecular flexibility index (Phi) is 7.53. The Morgan fingerprint density at radius 1 is 1.14 bits per heavy atom. The predicted octanol–water partition coefficient (Wildman–Crippen LogP) is 3.91. The van der Waals surface area contributed by atoms with Crippen LogP contribution in [0.25, 0.3) is 0 Å². The monoisotopic (exact) mass is 495 g/mol. The van der Waals surface area contributed by atoms with Crippen molar-refractivity contribution in [2.75, 3.05) is 13.2 Å². The predicted molar refractivity (Wildman–Crippen MR) is 125 cm³/mol. The van der Waals surface area contributed by atoms with Crippen molar-refractivity contribution in [2.24, 2.45) is 5.10 Å². The second-order valence-corrected chi connectivity index (χ2v) is 8.18. The van der Waals surface area contributed by atoms with Gasteiger partial charge in [-0.05, 0) is 36.8 Å². The first kappa shape index (κ1) is 24.8. The third kappa shape index (κ3) is 5.83. The lowest BCUT2D eigenvalue weighted by atomic mass is 10.0. The first-order valence-corrected chi connectivity index (χ1v) is 11.2. The Morgan fingerprint density at radius 2 is 1.92 bits per heavy atom. The first-order chi connectivity index (χ1) is 17.3. The van der Waals surface area contributed by atoms with E-state index >= 15 is 0 Å². The van der Waals surface area contributed by atoms with Gasteiger partial charge in [0.25, 0.3) is 11.8 Å². The number of nitrogens with zero attached hydrogens (tertiary/aromatic N) is 2. The van der Waals surface area contributed by atoms with E-state index in [-0.39, 0.29) is 18.5 Å². The molecule has 8 nitrogen and oxygen atoms in total. The summed E-state index contributed by atoms with van der Waals surface area (Å²) in [7, 11) is 0. The zero-order valence-corrected chi connectivity index (χ0v) is 19.4. The van der Waals surface area contributed by atoms with Crippen molar-refractivity contribution in [1.82, 2.24) is 10.3 Å². The molecule has 1 aromatic heterocycles. The van der Waals surface area contributed by atoms with Gasteiger partial charge in [-0.1, -0.05) is 29.8 Å². The summed E-state index contributed by atoms with van der Waals surface area (Å²) in [6, 6.07) is 13.3. The highest BCUT2D eigenvalue weighted by Gasteiger charge is 2.35. The number of carbonyl (C=O) groups excluding carboxylic acids is 3. The van der Waals surface area contributed by atoms with Gasteiger partial charge in [0.1, 0.15) is 23.4 Å². The summed E-state index contributed by atoms with van der Waals surface area (Å²) in [5.74, 6) is -3.34. The standard InChI is InChI=1S/C26H23F2N3O5/c1-16-4-6-17(7-5-16)21-14-22(23-3-2-12-35-23)31(30-21)24(32)15-36-25(33)10-11-29-26(34)19-9-8-18(27)13-20(19)28/h2-9,12-13,22H,10-11,14-15H2,1H3,(H,29,34). The molecule has 1 N–H and O–H groups in total. The molecule has 2 amide bonds. The number of hydrogen-bond donors (Lipinski definition) is 1. The molecule has 0 aliphatic carbocycles. The highest BCUT2D eigenvalue weighted by Crippen LogP contribution is 2.33. The van der Waals surface area contributed by atoms with Crippen molar-refractivity contribution >= 4 is 23.5 Å². The van der Waals surface area contributed by atoms with Crippen LogP contribution in [0, 0.1) is 18.6 Å². The molecule has 1 unspecified atom stereocenters. The molecule has 0 saturated heterocycles. The Labute approximate surface area is 205 Å². The summed E-state index contributed by atoms with van der Waals surface area (Å²) in [6.07, 6.45) is 1.69. The molecular formula is C26H23F2N3O5. The number of furan rings is 1. The van der Waals surface area contributed by atoms with Gasteiger partial charge in [-0.15, -0.1) is 0 Å². The first-order valence-electron chi connectivity index (χ1n) is 11.2. The summed E-state index contributed by atoms with van der Waals surface area (Å²) < 4.78 is 37.2. The zero-order chi connectivity index (χ0) is 25.7. The van der Waals surface area contributed by atoms with Gasteiger partial charge in [-0.2, -0.15) is 5.10 Å². The highest BCUT2D eigenvalue weighted by molar-refractivity contribution is 6.03. The molecular weight excluding hydrogens is 472 g/mol. The Morgan fingerprint density at radius 3 is 2.61 bits per heavy atom. The topological polar surface area (TPSA) is 101 Å². The van der Waals surface area contributed by atoms with Crippen LogP contribution in [0.5, 0.6) is 0 Å². The average molecular weight is 495 g/mol. The van der Waals surface area contributed by atoms with Crippen LogP contribution in [-0.2, 0) is 14.3 Å². The SMILES string of the molecule is Cc1ccc(C2=NN(C(=O)COC(=O)CCNC(=O)c3ccc(F)cc3F)C(c3ccco3)C2)cc1. The van der Waals surface area contributed by atoms with E-state index in [0.29, 0.717) is 24.0 Å². The number of rotatable bonds is 8. The highest BCUT2D eigenvalue weighted by atomic mass is 19.1. The number of halogens is 2. The van der Waals surface area contributed by atoms with E-state index in [1.54, 1.807) is 12.1 Å². The van der Waals surface area contributed by atoms with Crippen LogP contribution in [0.1, 0.15) is 46.1 Å². The summed E-state index contributed by atoms with van der Waals surface area (Å²) in [4.78, 5) is 37.0. The van der Waals surface area contributed by atoms with Crippen molar-refractivity contribution in [1.29, 1.82) is 0 Å². The third-order valence-corrected chi connectivity index (χ3v) is 5.57. The minimum atomic E-state index is -1.01. The molecule has 2 heterocycles. The van der Waals surface area contributed by atoms with E-state index in [1.165, 1.54) is 11.3 Å². The quantitative estimate of drug-likeness (QED) is 0.478. The molecule has 1 aliphatic rings. The van der Waals surface area contributed by atoms with Crippen LogP contribution >= 0.6 is 0 Å². The Hall–Kier alpha value is -4.34. The average Bonchev–Trinajstić information content (AvgIpc) is 3.53. The number of hydrazone groups is 1. The minimum absolute atomic E-state index is 0.156. The molecule has 1 atom stereocenters. The van der Waals surface area contributed by atoms with E-state index in [1.807, 2.05) is 31.2 Å². The van der Waals surface area contributed by atoms with Crippen molar-refractivity contribution in [3.05, 3.63) is 94.9 Å². The second kappa shape index (κ2) is 10.9. The van der Waals surface area contributed by atoms with E-state index < -0.39 is 42.1 Å². The van der Waals surface area contributed by atoms with E-state index in [0.717, 1.165) is 23.3 Å². The van der Waals surface area contributed by atoms with Crippen LogP contribution in [-0.4, -0.2) is 41.7 Å². The zero-order valence-electron chi connectivity index (χ0n) is 19.4. The van der Waals surface area contributed by atoms with E-state index in [2.05, 4.69) is 10.4 Å². The number of carbonyl (C=O) groups is 3. The second-order valence-electron chi connectivity index (χ2n) is 8.18. The number of amides is 2. The summed E-state index contributed by atoms with van der Waals surface area (Å²) in [5.41, 5.74) is 2.32. The van der Waals surface area contributed by atoms with Gasteiger partial charge in [0.05, 0.1) is 24.0 Å². The van der Waals surface area contributed by atoms with Gasteiger partial charge < -0.3 is 14.5 Å². The molecule has 0 fully saturated rings. The Balaban J connectivity index is 1.32. The molecule has 0 radical (unpaired) electrons. The fourth-order valence-corrected chi connectivity index (χ4v) is 3.69. The largest absolute Gasteiger partial charge is 0.467 e. The molecule has 0 saturated carbocycles. The maximum atomic E-state index is 13.7. The van der Waals surface area contributed by atoms with Gasteiger partial charge in [-0.3, -0.25) is 14.4 Å². The third-order valence-electron chi connectivity index (χ3n) is 5.57. The van der Waals surface area contributed by atoms with Crippen LogP contribution in [0.3, 0.4) is 0 Å². The lowest BCUT2D eigenvalue weighted by molar-refractivity contribution is -0.152. The molecule has 4 rings (SSSR count). The molecule has 1 aliphatic heterocycles. The summed E-state index contributed by atoms with van der Waals surface area (Å²) in [5, 5.41) is 8.07. The molecule has 3 aromatic rings. The van der Waals surface area contributed by atoms with Gasteiger partial charge in [0, 0.05) is 19.0 Å². The number of hydrogen-bond acceptors (Lipinski definition) is 6. The number of benzene rings is 2. The smallest absolute Gasteiger partial charge is 0.308 e. The maximum Gasteiger partial charge on any atom is 0.308 e. The summed E-state index contributed by atoms with van der Waals surface area (Å²) in [6.45, 7) is 1.26. The number of esters is 1. The van der Waals surface area contributed by atoms with Crippen molar-refractivity contribution < 1.29 is 32.3 Å². The minimum Gasteiger partial charge on any atom is -0.467 e. The van der Waals surface area contributed by atoms with Crippen molar-refractivity contribution in [2.45, 2.75) is 25.8 Å². The van der Waals surface area contributed by atoms with Crippen LogP contribution in [0.4, 0.5) is 8.78 Å². The Bertz CT molecular complexity index is 1290. The van der Waals surface area contributed by atoms with E-state index in [9.17, 15) is 23.2 Å². The normalized spacial score (nSPS) is 14.9. The van der Waals surface area contributed by atoms with Crippen LogP contribution < -0.4 is 5.32 Å². The van der Waals surface area contributed by atoms with Crippen LogP contribution in [0.15, 0.2) is 70.4 Å². The fraction of sp³-hybridized carbons (Fsp3) is 0.231. The van der Waals surface area contributed by atoms with Crippen LogP contribution in [0.2, 0.25) is 0 Å². The molecule has 10 heteroatoms. The molecule has 0 bridgehead atoms. The van der Waals surface area contributed by atoms with Gasteiger partial charge in [-0.25, -0.2) is 13.8 Å². The number of aryl methyl sites for hydroxylation is 1. The lowest BCUT2D eigenvalue weighted by Gasteiger charge is -2.19. The number of ether oxygens (including phenoxy) is 1. The van der Waals surface area contributed by atoms with E-state index in [4.69, 9.17) is 9.15 Å². The molecule has 186 valence electrons.